The third kappa shape index (κ3) is 2.79. The van der Waals surface area contributed by atoms with Crippen molar-refractivity contribution < 1.29 is 4.74 Å². The van der Waals surface area contributed by atoms with Crippen LogP contribution in [0.1, 0.15) is 30.4 Å². The summed E-state index contributed by atoms with van der Waals surface area (Å²) in [7, 11) is 0. The van der Waals surface area contributed by atoms with Crippen molar-refractivity contribution in [3.8, 4) is 6.07 Å². The van der Waals surface area contributed by atoms with Gasteiger partial charge in [-0.15, -0.1) is 0 Å². The predicted octanol–water partition coefficient (Wildman–Crippen LogP) is 3.33. The van der Waals surface area contributed by atoms with Crippen LogP contribution in [-0.4, -0.2) is 29.8 Å². The maximum Gasteiger partial charge on any atom is 0.0992 e. The van der Waals surface area contributed by atoms with Crippen molar-refractivity contribution in [1.82, 2.24) is 0 Å². The average molecular weight is 288 g/mol. The topological polar surface area (TPSA) is 45.0 Å². The molecule has 2 atom stereocenters. The minimum atomic E-state index is 0.0985. The van der Waals surface area contributed by atoms with Crippen molar-refractivity contribution in [3.05, 3.63) is 29.3 Å². The van der Waals surface area contributed by atoms with Gasteiger partial charge in [-0.25, -0.2) is 0 Å². The first-order valence-corrected chi connectivity index (χ1v) is 8.35. The van der Waals surface area contributed by atoms with Gasteiger partial charge in [-0.3, -0.25) is 0 Å². The van der Waals surface area contributed by atoms with Gasteiger partial charge in [0.25, 0.3) is 0 Å². The van der Waals surface area contributed by atoms with Crippen molar-refractivity contribution >= 4 is 17.4 Å². The molecule has 1 spiro atoms. The molecule has 2 fully saturated rings. The van der Waals surface area contributed by atoms with Crippen LogP contribution in [0.25, 0.3) is 0 Å². The van der Waals surface area contributed by atoms with Crippen molar-refractivity contribution in [3.63, 3.8) is 0 Å². The Morgan fingerprint density at radius 2 is 2.40 bits per heavy atom. The Morgan fingerprint density at radius 3 is 3.15 bits per heavy atom. The number of nitrogens with one attached hydrogen (secondary N) is 1. The van der Waals surface area contributed by atoms with Crippen LogP contribution < -0.4 is 5.32 Å². The van der Waals surface area contributed by atoms with Crippen LogP contribution in [0.15, 0.2) is 18.2 Å². The molecule has 2 heterocycles. The lowest BCUT2D eigenvalue weighted by Gasteiger charge is -2.38. The Hall–Kier alpha value is -1.18. The first-order chi connectivity index (χ1) is 9.71. The van der Waals surface area contributed by atoms with Crippen LogP contribution in [0.2, 0.25) is 0 Å². The third-order valence-electron chi connectivity index (χ3n) is 4.29. The number of hydrogen-bond acceptors (Lipinski definition) is 4. The monoisotopic (exact) mass is 288 g/mol. The van der Waals surface area contributed by atoms with E-state index >= 15 is 0 Å². The molecule has 0 aliphatic carbocycles. The van der Waals surface area contributed by atoms with Gasteiger partial charge in [-0.05, 0) is 49.6 Å². The molecule has 3 rings (SSSR count). The summed E-state index contributed by atoms with van der Waals surface area (Å²) >= 11 is 2.00. The van der Waals surface area contributed by atoms with Gasteiger partial charge in [0.15, 0.2) is 0 Å². The third-order valence-corrected chi connectivity index (χ3v) is 5.51. The minimum Gasteiger partial charge on any atom is -0.382 e. The molecule has 2 aliphatic rings. The van der Waals surface area contributed by atoms with Gasteiger partial charge >= 0.3 is 0 Å². The second-order valence-electron chi connectivity index (χ2n) is 5.81. The Kier molecular flexibility index (Phi) is 3.91. The van der Waals surface area contributed by atoms with Gasteiger partial charge in [0.1, 0.15) is 0 Å². The number of nitrogens with zero attached hydrogens (tertiary/aromatic N) is 1. The summed E-state index contributed by atoms with van der Waals surface area (Å²) in [6.45, 7) is 2.93. The van der Waals surface area contributed by atoms with Gasteiger partial charge < -0.3 is 10.1 Å². The fourth-order valence-electron chi connectivity index (χ4n) is 3.08. The summed E-state index contributed by atoms with van der Waals surface area (Å²) in [6, 6.07) is 8.52. The second-order valence-corrected chi connectivity index (χ2v) is 6.91. The molecule has 0 bridgehead atoms. The molecular weight excluding hydrogens is 268 g/mol. The highest BCUT2D eigenvalue weighted by Gasteiger charge is 2.40. The molecule has 0 aromatic heterocycles. The van der Waals surface area contributed by atoms with Gasteiger partial charge in [0.2, 0.25) is 0 Å². The second kappa shape index (κ2) is 5.67. The molecule has 2 unspecified atom stereocenters. The Bertz CT molecular complexity index is 532. The number of hydrogen-bond donors (Lipinski definition) is 1. The first-order valence-electron chi connectivity index (χ1n) is 7.20. The quantitative estimate of drug-likeness (QED) is 0.906. The van der Waals surface area contributed by atoms with Crippen LogP contribution in [0.3, 0.4) is 0 Å². The number of rotatable bonds is 2. The summed E-state index contributed by atoms with van der Waals surface area (Å²) in [6.07, 6.45) is 3.30. The van der Waals surface area contributed by atoms with E-state index < -0.39 is 0 Å². The SMILES string of the molecule is Cc1ccc(C#N)cc1NC1CCOC2(CCSC2)C1. The van der Waals surface area contributed by atoms with Crippen molar-refractivity contribution in [2.45, 2.75) is 37.8 Å². The van der Waals surface area contributed by atoms with Crippen LogP contribution in [0, 0.1) is 18.3 Å². The molecule has 1 aromatic carbocycles. The van der Waals surface area contributed by atoms with Gasteiger partial charge in [0.05, 0.1) is 17.2 Å². The molecule has 1 aromatic rings. The smallest absolute Gasteiger partial charge is 0.0992 e. The fourth-order valence-corrected chi connectivity index (χ4v) is 4.46. The van der Waals surface area contributed by atoms with E-state index in [-0.39, 0.29) is 5.60 Å². The zero-order valence-corrected chi connectivity index (χ0v) is 12.6. The zero-order chi connectivity index (χ0) is 14.0. The van der Waals surface area contributed by atoms with Crippen LogP contribution >= 0.6 is 11.8 Å². The molecule has 0 amide bonds. The van der Waals surface area contributed by atoms with E-state index in [0.717, 1.165) is 36.5 Å². The minimum absolute atomic E-state index is 0.0985. The molecule has 3 nitrogen and oxygen atoms in total. The lowest BCUT2D eigenvalue weighted by atomic mass is 9.89. The Morgan fingerprint density at radius 1 is 1.50 bits per heavy atom. The molecule has 0 radical (unpaired) electrons. The van der Waals surface area contributed by atoms with Crippen LogP contribution in [0.5, 0.6) is 0 Å². The van der Waals surface area contributed by atoms with E-state index in [2.05, 4.69) is 18.3 Å². The maximum absolute atomic E-state index is 9.03. The normalized spacial score (nSPS) is 29.3. The van der Waals surface area contributed by atoms with Gasteiger partial charge in [-0.2, -0.15) is 17.0 Å². The van der Waals surface area contributed by atoms with E-state index in [4.69, 9.17) is 10.00 Å². The predicted molar refractivity (Wildman–Crippen MR) is 83.2 cm³/mol. The summed E-state index contributed by atoms with van der Waals surface area (Å²) in [5.41, 5.74) is 3.11. The molecule has 20 heavy (non-hydrogen) atoms. The standard InChI is InChI=1S/C16H20N2OS/c1-12-2-3-13(10-17)8-15(12)18-14-4-6-19-16(9-14)5-7-20-11-16/h2-3,8,14,18H,4-7,9,11H2,1H3. The van der Waals surface area contributed by atoms with E-state index in [0.29, 0.717) is 6.04 Å². The number of nitriles is 1. The largest absolute Gasteiger partial charge is 0.382 e. The Labute approximate surface area is 124 Å². The molecule has 106 valence electrons. The molecule has 2 aliphatic heterocycles. The van der Waals surface area contributed by atoms with E-state index in [1.54, 1.807) is 0 Å². The lowest BCUT2D eigenvalue weighted by molar-refractivity contribution is -0.0628. The molecular formula is C16H20N2OS. The highest BCUT2D eigenvalue weighted by atomic mass is 32.2. The van der Waals surface area contributed by atoms with Gasteiger partial charge in [-0.1, -0.05) is 6.07 Å². The number of aryl methyl sites for hydroxylation is 1. The molecule has 0 saturated carbocycles. The average Bonchev–Trinajstić information content (AvgIpc) is 2.89. The highest BCUT2D eigenvalue weighted by molar-refractivity contribution is 7.99. The lowest BCUT2D eigenvalue weighted by Crippen LogP contribution is -2.44. The van der Waals surface area contributed by atoms with Crippen molar-refractivity contribution in [2.24, 2.45) is 0 Å². The van der Waals surface area contributed by atoms with Crippen LogP contribution in [0.4, 0.5) is 5.69 Å². The Balaban J connectivity index is 1.73. The fraction of sp³-hybridized carbons (Fsp3) is 0.562. The van der Waals surface area contributed by atoms with Crippen LogP contribution in [-0.2, 0) is 4.74 Å². The van der Waals surface area contributed by atoms with E-state index in [1.807, 2.05) is 30.0 Å². The number of anilines is 1. The van der Waals surface area contributed by atoms with E-state index in [9.17, 15) is 0 Å². The summed E-state index contributed by atoms with van der Waals surface area (Å²) in [5, 5.41) is 12.7. The zero-order valence-electron chi connectivity index (χ0n) is 11.8. The van der Waals surface area contributed by atoms with Crippen molar-refractivity contribution in [1.29, 1.82) is 5.26 Å². The number of ether oxygens (including phenoxy) is 1. The van der Waals surface area contributed by atoms with Crippen molar-refractivity contribution in [2.75, 3.05) is 23.4 Å². The summed E-state index contributed by atoms with van der Waals surface area (Å²) in [5.74, 6) is 2.35. The first kappa shape index (κ1) is 13.8. The maximum atomic E-state index is 9.03. The molecule has 1 N–H and O–H groups in total. The highest BCUT2D eigenvalue weighted by Crippen LogP contribution is 2.39. The molecule has 2 saturated heterocycles. The summed E-state index contributed by atoms with van der Waals surface area (Å²) < 4.78 is 6.06. The van der Waals surface area contributed by atoms with E-state index in [1.165, 1.54) is 17.7 Å². The number of thioether (sulfide) groups is 1. The molecule has 4 heteroatoms. The van der Waals surface area contributed by atoms with Gasteiger partial charge in [0, 0.05) is 24.1 Å². The number of benzene rings is 1. The summed E-state index contributed by atoms with van der Waals surface area (Å²) in [4.78, 5) is 0.